The van der Waals surface area contributed by atoms with Crippen LogP contribution in [0.1, 0.15) is 39.0 Å². The maximum absolute atomic E-state index is 11.5. The lowest BCUT2D eigenvalue weighted by Crippen LogP contribution is -2.28. The van der Waals surface area contributed by atoms with Gasteiger partial charge in [-0.1, -0.05) is 19.8 Å². The Bertz CT molecular complexity index is 274. The van der Waals surface area contributed by atoms with Crippen LogP contribution in [0, 0.1) is 5.92 Å². The molecule has 96 valence electrons. The number of nitrogens with one attached hydrogen (secondary N) is 2. The summed E-state index contributed by atoms with van der Waals surface area (Å²) < 4.78 is 25.7. The number of hydrogen-bond acceptors (Lipinski definition) is 3. The Labute approximate surface area is 99.2 Å². The third-order valence-corrected chi connectivity index (χ3v) is 4.31. The van der Waals surface area contributed by atoms with Gasteiger partial charge in [0.25, 0.3) is 0 Å². The van der Waals surface area contributed by atoms with E-state index in [1.807, 2.05) is 0 Å². The topological polar surface area (TPSA) is 58.2 Å². The summed E-state index contributed by atoms with van der Waals surface area (Å²) in [6, 6.07) is 0. The predicted molar refractivity (Wildman–Crippen MR) is 66.9 cm³/mol. The Morgan fingerprint density at radius 3 is 2.56 bits per heavy atom. The van der Waals surface area contributed by atoms with Crippen molar-refractivity contribution in [2.24, 2.45) is 5.92 Å². The highest BCUT2D eigenvalue weighted by Gasteiger charge is 2.21. The maximum atomic E-state index is 11.5. The van der Waals surface area contributed by atoms with Crippen LogP contribution in [0.3, 0.4) is 0 Å². The molecule has 1 fully saturated rings. The Kier molecular flexibility index (Phi) is 6.31. The van der Waals surface area contributed by atoms with Crippen molar-refractivity contribution < 1.29 is 8.42 Å². The van der Waals surface area contributed by atoms with Crippen LogP contribution in [-0.4, -0.2) is 33.8 Å². The van der Waals surface area contributed by atoms with Crippen molar-refractivity contribution in [3.8, 4) is 0 Å². The fraction of sp³-hybridized carbons (Fsp3) is 1.00. The van der Waals surface area contributed by atoms with Gasteiger partial charge in [0.05, 0.1) is 5.75 Å². The van der Waals surface area contributed by atoms with Gasteiger partial charge in [0, 0.05) is 6.54 Å². The minimum atomic E-state index is -3.01. The molecule has 1 aliphatic carbocycles. The van der Waals surface area contributed by atoms with Gasteiger partial charge in [0.15, 0.2) is 0 Å². The van der Waals surface area contributed by atoms with Crippen LogP contribution in [-0.2, 0) is 10.0 Å². The van der Waals surface area contributed by atoms with Gasteiger partial charge in [-0.05, 0) is 38.3 Å². The van der Waals surface area contributed by atoms with Crippen LogP contribution in [0.15, 0.2) is 0 Å². The predicted octanol–water partition coefficient (Wildman–Crippen LogP) is 1.10. The van der Waals surface area contributed by atoms with Crippen molar-refractivity contribution in [3.05, 3.63) is 0 Å². The lowest BCUT2D eigenvalue weighted by molar-refractivity contribution is 0.569. The SMILES string of the molecule is CCNCCCCS(=O)(=O)NCCC1CC1. The summed E-state index contributed by atoms with van der Waals surface area (Å²) in [5.74, 6) is 1.06. The van der Waals surface area contributed by atoms with Crippen molar-refractivity contribution in [1.29, 1.82) is 0 Å². The molecule has 0 unspecified atom stereocenters. The summed E-state index contributed by atoms with van der Waals surface area (Å²) >= 11 is 0. The molecule has 0 heterocycles. The molecule has 0 aromatic rings. The smallest absolute Gasteiger partial charge is 0.211 e. The van der Waals surface area contributed by atoms with Crippen molar-refractivity contribution in [1.82, 2.24) is 10.0 Å². The monoisotopic (exact) mass is 248 g/mol. The van der Waals surface area contributed by atoms with E-state index >= 15 is 0 Å². The normalized spacial score (nSPS) is 16.6. The average molecular weight is 248 g/mol. The van der Waals surface area contributed by atoms with Crippen molar-refractivity contribution in [2.45, 2.75) is 39.0 Å². The molecule has 2 N–H and O–H groups in total. The summed E-state index contributed by atoms with van der Waals surface area (Å²) in [6.45, 7) is 4.54. The van der Waals surface area contributed by atoms with Gasteiger partial charge in [0.2, 0.25) is 10.0 Å². The minimum absolute atomic E-state index is 0.267. The first-order chi connectivity index (χ1) is 7.64. The molecule has 0 bridgehead atoms. The van der Waals surface area contributed by atoms with Crippen LogP contribution in [0.4, 0.5) is 0 Å². The van der Waals surface area contributed by atoms with E-state index in [0.717, 1.165) is 38.3 Å². The zero-order valence-electron chi connectivity index (χ0n) is 10.2. The van der Waals surface area contributed by atoms with E-state index < -0.39 is 10.0 Å². The molecular weight excluding hydrogens is 224 g/mol. The van der Waals surface area contributed by atoms with E-state index in [0.29, 0.717) is 6.54 Å². The van der Waals surface area contributed by atoms with Gasteiger partial charge in [-0.15, -0.1) is 0 Å². The molecule has 0 atom stereocenters. The van der Waals surface area contributed by atoms with Crippen molar-refractivity contribution >= 4 is 10.0 Å². The Hall–Kier alpha value is -0.130. The number of unbranched alkanes of at least 4 members (excludes halogenated alkanes) is 1. The highest BCUT2D eigenvalue weighted by atomic mass is 32.2. The van der Waals surface area contributed by atoms with Gasteiger partial charge >= 0.3 is 0 Å². The molecule has 1 saturated carbocycles. The largest absolute Gasteiger partial charge is 0.317 e. The number of rotatable bonds is 10. The van der Waals surface area contributed by atoms with E-state index in [2.05, 4.69) is 17.0 Å². The van der Waals surface area contributed by atoms with Gasteiger partial charge in [0.1, 0.15) is 0 Å². The third kappa shape index (κ3) is 7.19. The van der Waals surface area contributed by atoms with Crippen LogP contribution in [0.2, 0.25) is 0 Å². The fourth-order valence-electron chi connectivity index (χ4n) is 1.62. The Balaban J connectivity index is 1.98. The van der Waals surface area contributed by atoms with Crippen LogP contribution < -0.4 is 10.0 Å². The van der Waals surface area contributed by atoms with Crippen molar-refractivity contribution in [3.63, 3.8) is 0 Å². The first-order valence-corrected chi connectivity index (χ1v) is 7.97. The van der Waals surface area contributed by atoms with Crippen molar-refractivity contribution in [2.75, 3.05) is 25.4 Å². The molecule has 0 amide bonds. The van der Waals surface area contributed by atoms with Gasteiger partial charge in [-0.2, -0.15) is 0 Å². The van der Waals surface area contributed by atoms with Crippen LogP contribution >= 0.6 is 0 Å². The molecule has 0 aliphatic heterocycles. The summed E-state index contributed by atoms with van der Waals surface area (Å²) in [4.78, 5) is 0. The molecule has 0 saturated heterocycles. The zero-order valence-corrected chi connectivity index (χ0v) is 11.0. The Morgan fingerprint density at radius 1 is 1.19 bits per heavy atom. The fourth-order valence-corrected chi connectivity index (χ4v) is 2.77. The highest BCUT2D eigenvalue weighted by molar-refractivity contribution is 7.89. The lowest BCUT2D eigenvalue weighted by atomic mass is 10.3. The second kappa shape index (κ2) is 7.25. The summed E-state index contributed by atoms with van der Waals surface area (Å²) in [5.41, 5.74) is 0. The lowest BCUT2D eigenvalue weighted by Gasteiger charge is -2.06. The van der Waals surface area contributed by atoms with E-state index in [-0.39, 0.29) is 5.75 Å². The van der Waals surface area contributed by atoms with Gasteiger partial charge in [-0.3, -0.25) is 0 Å². The number of sulfonamides is 1. The third-order valence-electron chi connectivity index (χ3n) is 2.84. The van der Waals surface area contributed by atoms with E-state index in [1.54, 1.807) is 0 Å². The molecule has 1 aliphatic rings. The molecule has 16 heavy (non-hydrogen) atoms. The molecular formula is C11H24N2O2S. The van der Waals surface area contributed by atoms with E-state index in [9.17, 15) is 8.42 Å². The van der Waals surface area contributed by atoms with E-state index in [1.165, 1.54) is 12.8 Å². The molecule has 0 radical (unpaired) electrons. The summed E-state index contributed by atoms with van der Waals surface area (Å²) in [7, 11) is -3.01. The molecule has 0 spiro atoms. The molecule has 0 aromatic carbocycles. The Morgan fingerprint density at radius 2 is 1.94 bits per heavy atom. The maximum Gasteiger partial charge on any atom is 0.211 e. The van der Waals surface area contributed by atoms with Gasteiger partial charge < -0.3 is 5.32 Å². The summed E-state index contributed by atoms with van der Waals surface area (Å²) in [5, 5.41) is 3.19. The first-order valence-electron chi connectivity index (χ1n) is 6.32. The second-order valence-electron chi connectivity index (χ2n) is 4.51. The highest BCUT2D eigenvalue weighted by Crippen LogP contribution is 2.31. The first kappa shape index (κ1) is 13.9. The average Bonchev–Trinajstić information content (AvgIpc) is 3.01. The zero-order chi connectivity index (χ0) is 11.9. The number of hydrogen-bond donors (Lipinski definition) is 2. The quantitative estimate of drug-likeness (QED) is 0.569. The molecule has 1 rings (SSSR count). The second-order valence-corrected chi connectivity index (χ2v) is 6.43. The molecule has 4 nitrogen and oxygen atoms in total. The van der Waals surface area contributed by atoms with Crippen LogP contribution in [0.5, 0.6) is 0 Å². The van der Waals surface area contributed by atoms with Crippen LogP contribution in [0.25, 0.3) is 0 Å². The van der Waals surface area contributed by atoms with Gasteiger partial charge in [-0.25, -0.2) is 13.1 Å². The molecule has 0 aromatic heterocycles. The standard InChI is InChI=1S/C11H24N2O2S/c1-2-12-8-3-4-10-16(14,15)13-9-7-11-5-6-11/h11-13H,2-10H2,1H3. The summed E-state index contributed by atoms with van der Waals surface area (Å²) in [6.07, 6.45) is 5.24. The van der Waals surface area contributed by atoms with E-state index in [4.69, 9.17) is 0 Å². The minimum Gasteiger partial charge on any atom is -0.317 e. The molecule has 5 heteroatoms.